The van der Waals surface area contributed by atoms with Crippen molar-refractivity contribution in [2.45, 2.75) is 52.8 Å². The van der Waals surface area contributed by atoms with Crippen LogP contribution in [0.25, 0.3) is 0 Å². The van der Waals surface area contributed by atoms with Crippen LogP contribution in [0.4, 0.5) is 0 Å². The van der Waals surface area contributed by atoms with E-state index in [1.165, 1.54) is 12.0 Å². The number of esters is 1. The summed E-state index contributed by atoms with van der Waals surface area (Å²) in [5.74, 6) is -0.772. The number of aldehydes is 1. The number of nitrogens with zero attached hydrogens (tertiary/aromatic N) is 1. The van der Waals surface area contributed by atoms with Gasteiger partial charge in [-0.2, -0.15) is 0 Å². The fourth-order valence-electron chi connectivity index (χ4n) is 2.29. The number of carbonyl (C=O) groups is 4. The first kappa shape index (κ1) is 36.8. The zero-order valence-corrected chi connectivity index (χ0v) is 20.0. The number of methoxy groups -OCH3 is 1. The van der Waals surface area contributed by atoms with E-state index in [1.54, 1.807) is 0 Å². The molecule has 0 aromatic rings. The Balaban J connectivity index is -0.000000131. The average Bonchev–Trinajstić information content (AvgIpc) is 2.98. The molecule has 0 aromatic heterocycles. The first-order valence-corrected chi connectivity index (χ1v) is 8.00. The predicted molar refractivity (Wildman–Crippen MR) is 99.8 cm³/mol. The molecule has 2 heterocycles. The summed E-state index contributed by atoms with van der Waals surface area (Å²) in [7, 11) is 1.31. The van der Waals surface area contributed by atoms with Crippen LogP contribution in [0.5, 0.6) is 0 Å². The van der Waals surface area contributed by atoms with Crippen LogP contribution in [-0.4, -0.2) is 48.4 Å². The van der Waals surface area contributed by atoms with Crippen LogP contribution < -0.4 is 0 Å². The number of hydrogen-bond donors (Lipinski definition) is 0. The molecule has 7 nitrogen and oxygen atoms in total. The van der Waals surface area contributed by atoms with Crippen LogP contribution in [0.1, 0.15) is 41.0 Å². The topological polar surface area (TPSA) is 90.0 Å². The quantitative estimate of drug-likeness (QED) is 0.170. The summed E-state index contributed by atoms with van der Waals surface area (Å²) in [6.07, 6.45) is 0.382. The van der Waals surface area contributed by atoms with Gasteiger partial charge in [0.2, 0.25) is 5.91 Å². The van der Waals surface area contributed by atoms with Crippen LogP contribution in [-0.2, 0) is 65.8 Å². The number of cyclic esters (lactones) is 1. The predicted octanol–water partition coefficient (Wildman–Crippen LogP) is 2.56. The van der Waals surface area contributed by atoms with Crippen molar-refractivity contribution in [3.8, 4) is 0 Å². The van der Waals surface area contributed by atoms with E-state index < -0.39 is 17.7 Å². The molecule has 2 atom stereocenters. The van der Waals surface area contributed by atoms with E-state index >= 15 is 0 Å². The Morgan fingerprint density at radius 1 is 1.27 bits per heavy atom. The van der Waals surface area contributed by atoms with Gasteiger partial charge in [0.25, 0.3) is 6.47 Å². The maximum absolute atomic E-state index is 11.8. The Kier molecular flexibility index (Phi) is 22.6. The molecular formula is C16H28INO6V2-2. The van der Waals surface area contributed by atoms with Crippen molar-refractivity contribution in [3.05, 3.63) is 12.4 Å². The summed E-state index contributed by atoms with van der Waals surface area (Å²) in [6, 6.07) is 0. The van der Waals surface area contributed by atoms with Gasteiger partial charge >= 0.3 is 5.97 Å². The molecule has 0 bridgehead atoms. The van der Waals surface area contributed by atoms with Gasteiger partial charge in [0.15, 0.2) is 18.1 Å². The van der Waals surface area contributed by atoms with E-state index in [0.717, 1.165) is 0 Å². The van der Waals surface area contributed by atoms with Crippen molar-refractivity contribution >= 4 is 47.2 Å². The molecule has 2 fully saturated rings. The third-order valence-electron chi connectivity index (χ3n) is 3.26. The molecule has 0 spiro atoms. The number of rotatable bonds is 2. The Bertz CT molecular complexity index is 445. The van der Waals surface area contributed by atoms with Gasteiger partial charge < -0.3 is 44.3 Å². The summed E-state index contributed by atoms with van der Waals surface area (Å²) in [6.45, 7) is 5.99. The van der Waals surface area contributed by atoms with Gasteiger partial charge in [-0.05, 0) is 6.42 Å². The van der Waals surface area contributed by atoms with Gasteiger partial charge in [0.05, 0.1) is 7.11 Å². The van der Waals surface area contributed by atoms with Gasteiger partial charge in [-0.15, -0.1) is 0 Å². The monoisotopic (exact) mass is 559 g/mol. The maximum Gasteiger partial charge on any atom is 0.341 e. The molecule has 2 aliphatic rings. The zero-order chi connectivity index (χ0) is 17.6. The van der Waals surface area contributed by atoms with Crippen molar-refractivity contribution < 1.29 is 65.8 Å². The molecule has 26 heavy (non-hydrogen) atoms. The van der Waals surface area contributed by atoms with Crippen molar-refractivity contribution in [1.82, 2.24) is 4.90 Å². The van der Waals surface area contributed by atoms with Crippen LogP contribution in [0.15, 0.2) is 0 Å². The van der Waals surface area contributed by atoms with E-state index in [1.807, 2.05) is 43.4 Å². The minimum absolute atomic E-state index is 0. The van der Waals surface area contributed by atoms with Crippen LogP contribution >= 0.6 is 22.6 Å². The minimum atomic E-state index is -1.35. The zero-order valence-electron chi connectivity index (χ0n) is 15.0. The minimum Gasteiger partial charge on any atom is -0.471 e. The smallest absolute Gasteiger partial charge is 0.341 e. The Morgan fingerprint density at radius 3 is 2.00 bits per heavy atom. The van der Waals surface area contributed by atoms with Gasteiger partial charge in [-0.3, -0.25) is 19.4 Å². The summed E-state index contributed by atoms with van der Waals surface area (Å²) in [5, 5.41) is 0. The number of halogens is 1. The summed E-state index contributed by atoms with van der Waals surface area (Å²) in [4.78, 5) is 48.2. The first-order valence-electron chi connectivity index (χ1n) is 6.47. The maximum atomic E-state index is 11.8. The number of carbonyl (C=O) groups excluding carboxylic acids is 4. The van der Waals surface area contributed by atoms with E-state index in [4.69, 9.17) is 9.53 Å². The van der Waals surface area contributed by atoms with Gasteiger partial charge in [0.1, 0.15) is 0 Å². The second kappa shape index (κ2) is 16.0. The normalized spacial score (nSPS) is 21.9. The van der Waals surface area contributed by atoms with Crippen LogP contribution in [0, 0.1) is 17.8 Å². The number of hydrogen-bond acceptors (Lipinski definition) is 6. The van der Waals surface area contributed by atoms with E-state index in [-0.39, 0.29) is 76.1 Å². The molecule has 2 radical (unpaired) electrons. The second-order valence-electron chi connectivity index (χ2n) is 5.76. The molecule has 0 unspecified atom stereocenters. The molecular weight excluding hydrogens is 531 g/mol. The molecule has 152 valence electrons. The summed E-state index contributed by atoms with van der Waals surface area (Å²) < 4.78 is 9.05. The van der Waals surface area contributed by atoms with Gasteiger partial charge in [-0.1, -0.05) is 28.2 Å². The number of ether oxygens (including phenoxy) is 2. The van der Waals surface area contributed by atoms with E-state index in [2.05, 4.69) is 9.67 Å². The fraction of sp³-hybridized carbons (Fsp3) is 0.625. The average molecular weight is 559 g/mol. The van der Waals surface area contributed by atoms with Crippen LogP contribution in [0.3, 0.4) is 0 Å². The standard InChI is InChI=1S/C11H15NO4.C2H4O2.CH2I.CH4.CH3.2V/c1-10(2,3)8-12-7(14)4-5-11(12,6-13)9(15)16-8;1-4-2-3;1-2;;;;/h6,8H,4-5H2,1-3H3;2H,1H3;1H2;1H4;1H3;;/q;;-1;;-1;;/t8-,11-;;;;;;/m1....../s1. The van der Waals surface area contributed by atoms with Crippen molar-refractivity contribution in [2.75, 3.05) is 7.11 Å². The van der Waals surface area contributed by atoms with Crippen LogP contribution in [0.2, 0.25) is 0 Å². The van der Waals surface area contributed by atoms with Crippen molar-refractivity contribution in [1.29, 1.82) is 0 Å². The molecule has 2 aliphatic heterocycles. The largest absolute Gasteiger partial charge is 0.471 e. The van der Waals surface area contributed by atoms with Crippen molar-refractivity contribution in [3.63, 3.8) is 0 Å². The molecule has 0 saturated carbocycles. The molecule has 0 aromatic carbocycles. The van der Waals surface area contributed by atoms with Gasteiger partial charge in [-0.25, -0.2) is 4.79 Å². The van der Waals surface area contributed by atoms with E-state index in [9.17, 15) is 14.4 Å². The fourth-order valence-corrected chi connectivity index (χ4v) is 2.29. The van der Waals surface area contributed by atoms with Crippen molar-refractivity contribution in [2.24, 2.45) is 5.41 Å². The number of amides is 1. The SMILES string of the molecule is C.CC(C)(C)[C@H]1OC(=O)[C@]2(C=O)CCC(=O)N12.COC=O.[CH2-]I.[CH3-].[V].[V]. The molecule has 10 heteroatoms. The second-order valence-corrected chi connectivity index (χ2v) is 5.76. The Morgan fingerprint density at radius 2 is 1.69 bits per heavy atom. The first-order chi connectivity index (χ1) is 10.2. The van der Waals surface area contributed by atoms with Gasteiger partial charge in [0, 0.05) is 48.9 Å². The molecule has 0 aliphatic carbocycles. The summed E-state index contributed by atoms with van der Waals surface area (Å²) in [5.41, 5.74) is -1.74. The molecule has 2 saturated heterocycles. The number of fused-ring (bicyclic) bond motifs is 1. The third-order valence-corrected chi connectivity index (χ3v) is 3.26. The third kappa shape index (κ3) is 7.92. The van der Waals surface area contributed by atoms with E-state index in [0.29, 0.717) is 12.8 Å². The molecule has 2 rings (SSSR count). The Hall–Kier alpha value is -0.0212. The molecule has 0 N–H and O–H groups in total. The molecule has 1 amide bonds. The summed E-state index contributed by atoms with van der Waals surface area (Å²) >= 11 is 1.90. The Labute approximate surface area is 194 Å².